The SMILES string of the molecule is N[C@H](CNC(=O)O)CC(=O)O. The van der Waals surface area contributed by atoms with Crippen LogP contribution in [0, 0.1) is 0 Å². The summed E-state index contributed by atoms with van der Waals surface area (Å²) in [6.45, 7) is -0.0400. The van der Waals surface area contributed by atoms with E-state index in [0.717, 1.165) is 0 Å². The van der Waals surface area contributed by atoms with E-state index in [9.17, 15) is 9.59 Å². The van der Waals surface area contributed by atoms with Crippen LogP contribution in [0.3, 0.4) is 0 Å². The summed E-state index contributed by atoms with van der Waals surface area (Å²) in [5.41, 5.74) is 5.22. The Kier molecular flexibility index (Phi) is 3.97. The average Bonchev–Trinajstić information content (AvgIpc) is 1.82. The van der Waals surface area contributed by atoms with Crippen LogP contribution in [0.4, 0.5) is 4.79 Å². The lowest BCUT2D eigenvalue weighted by molar-refractivity contribution is -0.137. The number of hydrogen-bond acceptors (Lipinski definition) is 3. The molecule has 0 aromatic heterocycles. The minimum absolute atomic E-state index is 0.0400. The minimum atomic E-state index is -1.20. The van der Waals surface area contributed by atoms with Crippen LogP contribution in [-0.4, -0.2) is 34.9 Å². The van der Waals surface area contributed by atoms with Crippen molar-refractivity contribution >= 4 is 12.1 Å². The highest BCUT2D eigenvalue weighted by Crippen LogP contribution is 1.85. The Morgan fingerprint density at radius 2 is 2.00 bits per heavy atom. The molecule has 0 fully saturated rings. The van der Waals surface area contributed by atoms with E-state index in [0.29, 0.717) is 0 Å². The molecule has 11 heavy (non-hydrogen) atoms. The molecule has 0 unspecified atom stereocenters. The lowest BCUT2D eigenvalue weighted by Gasteiger charge is -2.06. The molecule has 0 aromatic carbocycles. The molecule has 6 heteroatoms. The third kappa shape index (κ3) is 6.59. The zero-order valence-corrected chi connectivity index (χ0v) is 5.78. The van der Waals surface area contributed by atoms with Crippen molar-refractivity contribution in [1.82, 2.24) is 5.32 Å². The van der Waals surface area contributed by atoms with Gasteiger partial charge in [0.05, 0.1) is 6.42 Å². The summed E-state index contributed by atoms with van der Waals surface area (Å²) < 4.78 is 0. The topological polar surface area (TPSA) is 113 Å². The third-order valence-electron chi connectivity index (χ3n) is 0.952. The summed E-state index contributed by atoms with van der Waals surface area (Å²) >= 11 is 0. The molecule has 0 aromatic rings. The smallest absolute Gasteiger partial charge is 0.404 e. The van der Waals surface area contributed by atoms with Crippen molar-refractivity contribution in [1.29, 1.82) is 0 Å². The van der Waals surface area contributed by atoms with Gasteiger partial charge in [0.1, 0.15) is 0 Å². The number of aliphatic carboxylic acids is 1. The average molecular weight is 162 g/mol. The Hall–Kier alpha value is -1.30. The van der Waals surface area contributed by atoms with Crippen molar-refractivity contribution in [2.75, 3.05) is 6.54 Å². The highest BCUT2D eigenvalue weighted by atomic mass is 16.4. The molecule has 0 saturated heterocycles. The molecule has 0 saturated carbocycles. The van der Waals surface area contributed by atoms with Gasteiger partial charge in [0, 0.05) is 12.6 Å². The van der Waals surface area contributed by atoms with E-state index in [-0.39, 0.29) is 13.0 Å². The van der Waals surface area contributed by atoms with Gasteiger partial charge in [-0.15, -0.1) is 0 Å². The first kappa shape index (κ1) is 9.70. The normalized spacial score (nSPS) is 12.1. The van der Waals surface area contributed by atoms with Gasteiger partial charge in [-0.05, 0) is 0 Å². The summed E-state index contributed by atoms with van der Waals surface area (Å²) in [6.07, 6.45) is -1.44. The minimum Gasteiger partial charge on any atom is -0.481 e. The molecular weight excluding hydrogens is 152 g/mol. The van der Waals surface area contributed by atoms with Crippen LogP contribution in [0.15, 0.2) is 0 Å². The Bertz CT molecular complexity index is 159. The second-order valence-electron chi connectivity index (χ2n) is 2.04. The Balaban J connectivity index is 3.44. The number of carboxylic acid groups (broad SMARTS) is 2. The van der Waals surface area contributed by atoms with E-state index in [2.05, 4.69) is 0 Å². The predicted molar refractivity (Wildman–Crippen MR) is 36.3 cm³/mol. The summed E-state index contributed by atoms with van der Waals surface area (Å²) in [5.74, 6) is -1.04. The first-order chi connectivity index (χ1) is 5.02. The van der Waals surface area contributed by atoms with Crippen LogP contribution in [-0.2, 0) is 4.79 Å². The van der Waals surface area contributed by atoms with Crippen molar-refractivity contribution in [3.8, 4) is 0 Å². The molecule has 0 spiro atoms. The number of nitrogens with one attached hydrogen (secondary N) is 1. The van der Waals surface area contributed by atoms with Gasteiger partial charge in [0.25, 0.3) is 0 Å². The zero-order chi connectivity index (χ0) is 8.85. The van der Waals surface area contributed by atoms with Gasteiger partial charge in [-0.1, -0.05) is 0 Å². The van der Waals surface area contributed by atoms with E-state index in [1.807, 2.05) is 5.32 Å². The number of carboxylic acids is 1. The molecule has 1 amide bonds. The standard InChI is InChI=1S/C5H10N2O4/c6-3(1-4(8)9)2-7-5(10)11/h3,7H,1-2,6H2,(H,8,9)(H,10,11)/t3-/m0/s1. The van der Waals surface area contributed by atoms with Gasteiger partial charge in [0.15, 0.2) is 0 Å². The monoisotopic (exact) mass is 162 g/mol. The fraction of sp³-hybridized carbons (Fsp3) is 0.600. The van der Waals surface area contributed by atoms with Gasteiger partial charge in [-0.25, -0.2) is 4.79 Å². The highest BCUT2D eigenvalue weighted by molar-refractivity contribution is 5.68. The highest BCUT2D eigenvalue weighted by Gasteiger charge is 2.08. The summed E-state index contributed by atoms with van der Waals surface area (Å²) in [7, 11) is 0. The van der Waals surface area contributed by atoms with Crippen LogP contribution in [0.2, 0.25) is 0 Å². The lowest BCUT2D eigenvalue weighted by Crippen LogP contribution is -2.37. The van der Waals surface area contributed by atoms with Gasteiger partial charge >= 0.3 is 12.1 Å². The molecule has 1 atom stereocenters. The zero-order valence-electron chi connectivity index (χ0n) is 5.78. The van der Waals surface area contributed by atoms with Crippen LogP contribution in [0.25, 0.3) is 0 Å². The molecule has 0 radical (unpaired) electrons. The van der Waals surface area contributed by atoms with Gasteiger partial charge < -0.3 is 21.3 Å². The maximum atomic E-state index is 10.00. The predicted octanol–water partition coefficient (Wildman–Crippen LogP) is -0.944. The maximum absolute atomic E-state index is 10.00. The van der Waals surface area contributed by atoms with E-state index in [4.69, 9.17) is 15.9 Å². The summed E-state index contributed by atoms with van der Waals surface area (Å²) in [5, 5.41) is 18.3. The first-order valence-electron chi connectivity index (χ1n) is 2.96. The number of carbonyl (C=O) groups is 2. The molecule has 0 rings (SSSR count). The molecule has 5 N–H and O–H groups in total. The first-order valence-corrected chi connectivity index (χ1v) is 2.96. The van der Waals surface area contributed by atoms with Crippen LogP contribution >= 0.6 is 0 Å². The maximum Gasteiger partial charge on any atom is 0.404 e. The fourth-order valence-corrected chi connectivity index (χ4v) is 0.515. The molecule has 64 valence electrons. The molecule has 6 nitrogen and oxygen atoms in total. The Labute approximate surface area is 63.0 Å². The molecule has 0 aliphatic heterocycles. The van der Waals surface area contributed by atoms with Gasteiger partial charge in [-0.2, -0.15) is 0 Å². The largest absolute Gasteiger partial charge is 0.481 e. The molecule has 0 heterocycles. The quantitative estimate of drug-likeness (QED) is 0.426. The van der Waals surface area contributed by atoms with Crippen LogP contribution in [0.5, 0.6) is 0 Å². The van der Waals surface area contributed by atoms with Crippen LogP contribution in [0.1, 0.15) is 6.42 Å². The number of hydrogen-bond donors (Lipinski definition) is 4. The summed E-state index contributed by atoms with van der Waals surface area (Å²) in [4.78, 5) is 19.9. The van der Waals surface area contributed by atoms with Crippen molar-refractivity contribution in [2.24, 2.45) is 5.73 Å². The Morgan fingerprint density at radius 1 is 1.45 bits per heavy atom. The van der Waals surface area contributed by atoms with E-state index < -0.39 is 18.1 Å². The summed E-state index contributed by atoms with van der Waals surface area (Å²) in [6, 6.07) is -0.663. The number of rotatable bonds is 4. The molecule has 0 bridgehead atoms. The van der Waals surface area contributed by atoms with Crippen LogP contribution < -0.4 is 11.1 Å². The second-order valence-corrected chi connectivity index (χ2v) is 2.04. The van der Waals surface area contributed by atoms with Gasteiger partial charge in [-0.3, -0.25) is 4.79 Å². The van der Waals surface area contributed by atoms with Crippen molar-refractivity contribution in [2.45, 2.75) is 12.5 Å². The van der Waals surface area contributed by atoms with E-state index >= 15 is 0 Å². The number of amides is 1. The van der Waals surface area contributed by atoms with Crippen molar-refractivity contribution < 1.29 is 19.8 Å². The van der Waals surface area contributed by atoms with Gasteiger partial charge in [0.2, 0.25) is 0 Å². The lowest BCUT2D eigenvalue weighted by atomic mass is 10.2. The Morgan fingerprint density at radius 3 is 2.36 bits per heavy atom. The van der Waals surface area contributed by atoms with Crippen molar-refractivity contribution in [3.05, 3.63) is 0 Å². The molecule has 0 aliphatic rings. The second kappa shape index (κ2) is 4.51. The molecular formula is C5H10N2O4. The third-order valence-corrected chi connectivity index (χ3v) is 0.952. The number of nitrogens with two attached hydrogens (primary N) is 1. The van der Waals surface area contributed by atoms with Crippen molar-refractivity contribution in [3.63, 3.8) is 0 Å². The fourth-order valence-electron chi connectivity index (χ4n) is 0.515. The van der Waals surface area contributed by atoms with E-state index in [1.54, 1.807) is 0 Å². The van der Waals surface area contributed by atoms with E-state index in [1.165, 1.54) is 0 Å². The molecule has 0 aliphatic carbocycles.